The van der Waals surface area contributed by atoms with Gasteiger partial charge in [-0.1, -0.05) is 49.4 Å². The average molecular weight is 215 g/mol. The number of nitrogens with one attached hydrogen (secondary N) is 1. The summed E-state index contributed by atoms with van der Waals surface area (Å²) in [4.78, 5) is 0. The molecule has 0 amide bonds. The lowest BCUT2D eigenvalue weighted by molar-refractivity contribution is 1.03. The smallest absolute Gasteiger partial charge is 0.0683 e. The minimum absolute atomic E-state index is 0.0814. The summed E-state index contributed by atoms with van der Waals surface area (Å²) < 4.78 is 0. The van der Waals surface area contributed by atoms with Gasteiger partial charge in [0.2, 0.25) is 0 Å². The molecule has 1 unspecified atom stereocenters. The largest absolute Gasteiger partial charge is 0.298 e. The van der Waals surface area contributed by atoms with E-state index in [0.717, 1.165) is 5.56 Å². The highest BCUT2D eigenvalue weighted by Crippen LogP contribution is 2.23. The number of hydrogen-bond acceptors (Lipinski definition) is 1. The van der Waals surface area contributed by atoms with Crippen LogP contribution in [0.15, 0.2) is 42.5 Å². The predicted octanol–water partition coefficient (Wildman–Crippen LogP) is 3.85. The molecule has 76 valence electrons. The fraction of sp³-hybridized carbons (Fsp3) is 0.154. The maximum absolute atomic E-state index is 7.51. The van der Waals surface area contributed by atoms with Gasteiger partial charge in [0.25, 0.3) is 0 Å². The van der Waals surface area contributed by atoms with E-state index in [1.54, 1.807) is 0 Å². The van der Waals surface area contributed by atoms with Gasteiger partial charge in [-0.2, -0.15) is 0 Å². The summed E-state index contributed by atoms with van der Waals surface area (Å²) in [5, 5.41) is 10.4. The lowest BCUT2D eigenvalue weighted by atomic mass is 9.99. The van der Waals surface area contributed by atoms with Crippen LogP contribution in [0.4, 0.5) is 0 Å². The second-order valence-electron chi connectivity index (χ2n) is 3.71. The van der Waals surface area contributed by atoms with E-state index in [0.29, 0.717) is 5.04 Å². The first-order chi connectivity index (χ1) is 7.18. The van der Waals surface area contributed by atoms with Gasteiger partial charge in [-0.05, 0) is 16.3 Å². The van der Waals surface area contributed by atoms with Crippen molar-refractivity contribution in [3.05, 3.63) is 48.0 Å². The molecule has 1 N–H and O–H groups in total. The molecular weight excluding hydrogens is 202 g/mol. The Labute approximate surface area is 95.0 Å². The Balaban J connectivity index is 2.51. The fourth-order valence-corrected chi connectivity index (χ4v) is 1.78. The van der Waals surface area contributed by atoms with Gasteiger partial charge < -0.3 is 0 Å². The number of fused-ring (bicyclic) bond motifs is 1. The summed E-state index contributed by atoms with van der Waals surface area (Å²) in [7, 11) is 0. The van der Waals surface area contributed by atoms with Crippen LogP contribution in [-0.4, -0.2) is 5.04 Å². The molecule has 0 bridgehead atoms. The van der Waals surface area contributed by atoms with E-state index in [-0.39, 0.29) is 5.92 Å². The SMILES string of the molecule is CC(C(=N)S)c1ccc2ccccc2c1. The number of benzene rings is 2. The number of hydrogen-bond donors (Lipinski definition) is 2. The van der Waals surface area contributed by atoms with Crippen molar-refractivity contribution in [1.82, 2.24) is 0 Å². The van der Waals surface area contributed by atoms with Crippen LogP contribution in [0.1, 0.15) is 18.4 Å². The second kappa shape index (κ2) is 4.07. The quantitative estimate of drug-likeness (QED) is 0.432. The molecule has 0 saturated heterocycles. The van der Waals surface area contributed by atoms with Crippen LogP contribution in [0.25, 0.3) is 10.8 Å². The van der Waals surface area contributed by atoms with Crippen LogP contribution in [-0.2, 0) is 0 Å². The minimum Gasteiger partial charge on any atom is -0.298 e. The summed E-state index contributed by atoms with van der Waals surface area (Å²) in [6.45, 7) is 2.00. The molecule has 2 aromatic carbocycles. The van der Waals surface area contributed by atoms with Crippen molar-refractivity contribution < 1.29 is 0 Å². The lowest BCUT2D eigenvalue weighted by Gasteiger charge is -2.10. The highest BCUT2D eigenvalue weighted by Gasteiger charge is 2.08. The molecule has 0 aliphatic rings. The molecule has 0 fully saturated rings. The highest BCUT2D eigenvalue weighted by molar-refractivity contribution is 7.97. The molecule has 0 spiro atoms. The van der Waals surface area contributed by atoms with Gasteiger partial charge in [0.15, 0.2) is 0 Å². The monoisotopic (exact) mass is 215 g/mol. The van der Waals surface area contributed by atoms with E-state index in [2.05, 4.69) is 43.0 Å². The second-order valence-corrected chi connectivity index (χ2v) is 4.20. The van der Waals surface area contributed by atoms with Crippen molar-refractivity contribution in [2.24, 2.45) is 0 Å². The fourth-order valence-electron chi connectivity index (χ4n) is 1.64. The molecule has 0 radical (unpaired) electrons. The first-order valence-corrected chi connectivity index (χ1v) is 5.39. The van der Waals surface area contributed by atoms with E-state index >= 15 is 0 Å². The third-order valence-corrected chi connectivity index (χ3v) is 3.07. The molecule has 0 saturated carbocycles. The zero-order valence-corrected chi connectivity index (χ0v) is 9.46. The standard InChI is InChI=1S/C13H13NS/c1-9(13(14)15)11-7-6-10-4-2-3-5-12(10)8-11/h2-9H,1H3,(H2,14,15). The summed E-state index contributed by atoms with van der Waals surface area (Å²) in [6, 6.07) is 14.5. The number of thiol groups is 1. The van der Waals surface area contributed by atoms with E-state index in [1.807, 2.05) is 19.1 Å². The van der Waals surface area contributed by atoms with Gasteiger partial charge in [-0.15, -0.1) is 12.6 Å². The first kappa shape index (κ1) is 10.2. The number of rotatable bonds is 2. The third-order valence-electron chi connectivity index (χ3n) is 2.68. The lowest BCUT2D eigenvalue weighted by Crippen LogP contribution is -2.00. The molecular formula is C13H13NS. The third kappa shape index (κ3) is 2.05. The molecule has 0 heterocycles. The Kier molecular flexibility index (Phi) is 2.78. The Morgan fingerprint density at radius 2 is 1.80 bits per heavy atom. The van der Waals surface area contributed by atoms with Crippen LogP contribution in [0.2, 0.25) is 0 Å². The molecule has 2 aromatic rings. The van der Waals surface area contributed by atoms with Gasteiger partial charge >= 0.3 is 0 Å². The van der Waals surface area contributed by atoms with Crippen molar-refractivity contribution in [2.75, 3.05) is 0 Å². The van der Waals surface area contributed by atoms with Crippen LogP contribution < -0.4 is 0 Å². The molecule has 1 atom stereocenters. The van der Waals surface area contributed by atoms with Crippen molar-refractivity contribution in [2.45, 2.75) is 12.8 Å². The Hall–Kier alpha value is -1.28. The van der Waals surface area contributed by atoms with Gasteiger partial charge in [0.05, 0.1) is 5.04 Å². The van der Waals surface area contributed by atoms with E-state index in [4.69, 9.17) is 5.41 Å². The summed E-state index contributed by atoms with van der Waals surface area (Å²) in [5.74, 6) is 0.0814. The summed E-state index contributed by atoms with van der Waals surface area (Å²) >= 11 is 4.08. The maximum Gasteiger partial charge on any atom is 0.0683 e. The van der Waals surface area contributed by atoms with Crippen LogP contribution >= 0.6 is 12.6 Å². The zero-order chi connectivity index (χ0) is 10.8. The summed E-state index contributed by atoms with van der Waals surface area (Å²) in [5.41, 5.74) is 1.15. The van der Waals surface area contributed by atoms with Crippen LogP contribution in [0.3, 0.4) is 0 Å². The van der Waals surface area contributed by atoms with Crippen molar-refractivity contribution in [1.29, 1.82) is 5.41 Å². The Morgan fingerprint density at radius 3 is 2.47 bits per heavy atom. The van der Waals surface area contributed by atoms with Crippen molar-refractivity contribution in [3.63, 3.8) is 0 Å². The van der Waals surface area contributed by atoms with Crippen molar-refractivity contribution in [3.8, 4) is 0 Å². The topological polar surface area (TPSA) is 23.9 Å². The molecule has 1 nitrogen and oxygen atoms in total. The van der Waals surface area contributed by atoms with E-state index in [9.17, 15) is 0 Å². The first-order valence-electron chi connectivity index (χ1n) is 4.94. The molecule has 15 heavy (non-hydrogen) atoms. The Bertz CT molecular complexity index is 505. The van der Waals surface area contributed by atoms with Gasteiger partial charge in [0, 0.05) is 5.92 Å². The average Bonchev–Trinajstić information content (AvgIpc) is 2.27. The maximum atomic E-state index is 7.51. The zero-order valence-electron chi connectivity index (χ0n) is 8.57. The van der Waals surface area contributed by atoms with Crippen LogP contribution in [0.5, 0.6) is 0 Å². The van der Waals surface area contributed by atoms with E-state index in [1.165, 1.54) is 10.8 Å². The molecule has 2 heteroatoms. The molecule has 0 aromatic heterocycles. The van der Waals surface area contributed by atoms with Crippen LogP contribution in [0, 0.1) is 5.41 Å². The van der Waals surface area contributed by atoms with Crippen molar-refractivity contribution >= 4 is 28.4 Å². The minimum atomic E-state index is 0.0814. The van der Waals surface area contributed by atoms with E-state index < -0.39 is 0 Å². The van der Waals surface area contributed by atoms with Gasteiger partial charge in [-0.3, -0.25) is 5.41 Å². The Morgan fingerprint density at radius 1 is 1.13 bits per heavy atom. The molecule has 2 rings (SSSR count). The van der Waals surface area contributed by atoms with Gasteiger partial charge in [0.1, 0.15) is 0 Å². The molecule has 0 aliphatic heterocycles. The van der Waals surface area contributed by atoms with Gasteiger partial charge in [-0.25, -0.2) is 0 Å². The summed E-state index contributed by atoms with van der Waals surface area (Å²) in [6.07, 6.45) is 0. The highest BCUT2D eigenvalue weighted by atomic mass is 32.1. The predicted molar refractivity (Wildman–Crippen MR) is 69.1 cm³/mol. The normalized spacial score (nSPS) is 12.7. The molecule has 0 aliphatic carbocycles.